The highest BCUT2D eigenvalue weighted by Gasteiger charge is 2.33. The average molecular weight is 489 g/mol. The van der Waals surface area contributed by atoms with Crippen molar-refractivity contribution in [3.8, 4) is 17.2 Å². The molecule has 0 saturated carbocycles. The number of aromatic hydroxyl groups is 1. The molecule has 3 nitrogen and oxygen atoms in total. The van der Waals surface area contributed by atoms with Gasteiger partial charge in [-0.25, -0.2) is 8.78 Å². The summed E-state index contributed by atoms with van der Waals surface area (Å²) in [5.74, 6) is -6.76. The maximum absolute atomic E-state index is 13.5. The molecular formula is C16H11BrF8O3. The summed E-state index contributed by atoms with van der Waals surface area (Å²) in [6, 6.07) is 2.78. The van der Waals surface area contributed by atoms with Gasteiger partial charge in [0.1, 0.15) is 5.75 Å². The lowest BCUT2D eigenvalue weighted by molar-refractivity contribution is -0.276. The van der Waals surface area contributed by atoms with Gasteiger partial charge < -0.3 is 14.6 Å². The number of rotatable bonds is 2. The second kappa shape index (κ2) is 8.84. The van der Waals surface area contributed by atoms with E-state index in [0.717, 1.165) is 6.07 Å². The van der Waals surface area contributed by atoms with Crippen molar-refractivity contribution in [3.05, 3.63) is 51.5 Å². The maximum Gasteiger partial charge on any atom is 0.573 e. The Balaban J connectivity index is 0.000000340. The van der Waals surface area contributed by atoms with E-state index in [-0.39, 0.29) is 4.47 Å². The standard InChI is InChI=1S/C8H5BrF4O.C8H6F4O2/c1-4-5(9)2-3-6(7(4)10)14-8(11,12)13;1-4-5(13)2-3-6(7(4)9)14-8(10,11)12/h2-3H,1H3;2-3,13H,1H3/i2*1D3. The lowest BCUT2D eigenvalue weighted by Gasteiger charge is -2.11. The summed E-state index contributed by atoms with van der Waals surface area (Å²) in [6.45, 7) is -5.97. The molecule has 0 amide bonds. The number of hydrogen-bond donors (Lipinski definition) is 1. The van der Waals surface area contributed by atoms with Crippen LogP contribution >= 0.6 is 15.9 Å². The van der Waals surface area contributed by atoms with E-state index in [1.807, 2.05) is 0 Å². The van der Waals surface area contributed by atoms with E-state index in [1.165, 1.54) is 0 Å². The van der Waals surface area contributed by atoms with Gasteiger partial charge in [0.05, 0.1) is 0 Å². The van der Waals surface area contributed by atoms with E-state index in [9.17, 15) is 35.1 Å². The molecule has 0 saturated heterocycles. The summed E-state index contributed by atoms with van der Waals surface area (Å²) in [5, 5.41) is 9.11. The van der Waals surface area contributed by atoms with Crippen LogP contribution < -0.4 is 9.47 Å². The molecule has 0 aliphatic rings. The maximum atomic E-state index is 13.5. The van der Waals surface area contributed by atoms with Crippen LogP contribution in [0, 0.1) is 25.3 Å². The largest absolute Gasteiger partial charge is 0.573 e. The van der Waals surface area contributed by atoms with Crippen molar-refractivity contribution in [3.63, 3.8) is 0 Å². The van der Waals surface area contributed by atoms with Gasteiger partial charge in [0, 0.05) is 23.8 Å². The Morgan fingerprint density at radius 1 is 0.821 bits per heavy atom. The highest BCUT2D eigenvalue weighted by atomic mass is 79.9. The Kier molecular flexibility index (Phi) is 4.94. The molecule has 28 heavy (non-hydrogen) atoms. The predicted molar refractivity (Wildman–Crippen MR) is 85.0 cm³/mol. The van der Waals surface area contributed by atoms with Crippen molar-refractivity contribution in [1.82, 2.24) is 0 Å². The van der Waals surface area contributed by atoms with Gasteiger partial charge in [0.25, 0.3) is 0 Å². The summed E-state index contributed by atoms with van der Waals surface area (Å²) in [4.78, 5) is 0. The number of ether oxygens (including phenoxy) is 2. The van der Waals surface area contributed by atoms with Crippen LogP contribution in [0.15, 0.2) is 28.7 Å². The molecule has 0 aliphatic heterocycles. The Labute approximate surface area is 170 Å². The summed E-state index contributed by atoms with van der Waals surface area (Å²) in [5.41, 5.74) is -2.06. The van der Waals surface area contributed by atoms with E-state index >= 15 is 0 Å². The van der Waals surface area contributed by atoms with Gasteiger partial charge >= 0.3 is 12.7 Å². The molecule has 1 N–H and O–H groups in total. The number of hydrogen-bond acceptors (Lipinski definition) is 3. The number of benzene rings is 2. The van der Waals surface area contributed by atoms with E-state index < -0.39 is 66.4 Å². The predicted octanol–water partition coefficient (Wildman–Crippen LogP) is 6.53. The van der Waals surface area contributed by atoms with Crippen LogP contribution in [0.3, 0.4) is 0 Å². The lowest BCUT2D eigenvalue weighted by Crippen LogP contribution is -2.18. The second-order valence-electron chi connectivity index (χ2n) is 4.60. The highest BCUT2D eigenvalue weighted by molar-refractivity contribution is 9.10. The minimum Gasteiger partial charge on any atom is -0.508 e. The number of phenolic OH excluding ortho intramolecular Hbond substituents is 1. The van der Waals surface area contributed by atoms with Gasteiger partial charge in [-0.1, -0.05) is 15.9 Å². The van der Waals surface area contributed by atoms with Crippen molar-refractivity contribution >= 4 is 15.9 Å². The minimum atomic E-state index is -5.15. The monoisotopic (exact) mass is 488 g/mol. The molecule has 0 bridgehead atoms. The van der Waals surface area contributed by atoms with Crippen LogP contribution in [0.25, 0.3) is 0 Å². The minimum absolute atomic E-state index is 0.149. The fourth-order valence-corrected chi connectivity index (χ4v) is 1.79. The molecule has 2 aromatic carbocycles. The first-order valence-electron chi connectivity index (χ1n) is 9.56. The van der Waals surface area contributed by atoms with E-state index in [0.29, 0.717) is 18.2 Å². The Hall–Kier alpha value is -2.24. The zero-order chi connectivity index (χ0) is 26.9. The Morgan fingerprint density at radius 2 is 1.25 bits per heavy atom. The first-order valence-corrected chi connectivity index (χ1v) is 7.36. The van der Waals surface area contributed by atoms with Gasteiger partial charge in [-0.05, 0) is 38.0 Å². The van der Waals surface area contributed by atoms with Crippen molar-refractivity contribution in [2.75, 3.05) is 0 Å². The fraction of sp³-hybridized carbons (Fsp3) is 0.250. The van der Waals surface area contributed by atoms with Crippen LogP contribution in [0.4, 0.5) is 35.1 Å². The molecule has 0 heterocycles. The van der Waals surface area contributed by atoms with E-state index in [4.69, 9.17) is 13.3 Å². The molecule has 156 valence electrons. The van der Waals surface area contributed by atoms with Crippen molar-refractivity contribution in [1.29, 1.82) is 0 Å². The third-order valence-electron chi connectivity index (χ3n) is 2.59. The fourth-order valence-electron chi connectivity index (χ4n) is 1.49. The van der Waals surface area contributed by atoms with Gasteiger partial charge in [-0.2, -0.15) is 0 Å². The molecule has 0 aliphatic carbocycles. The topological polar surface area (TPSA) is 38.7 Å². The van der Waals surface area contributed by atoms with Gasteiger partial charge in [-0.3, -0.25) is 0 Å². The average Bonchev–Trinajstić information content (AvgIpc) is 2.56. The summed E-state index contributed by atoms with van der Waals surface area (Å²) in [7, 11) is 0. The van der Waals surface area contributed by atoms with Crippen LogP contribution in [0.2, 0.25) is 0 Å². The molecule has 12 heteroatoms. The van der Waals surface area contributed by atoms with Gasteiger partial charge in [-0.15, -0.1) is 26.3 Å². The molecule has 0 radical (unpaired) electrons. The van der Waals surface area contributed by atoms with E-state index in [2.05, 4.69) is 25.4 Å². The molecule has 0 atom stereocenters. The molecule has 0 spiro atoms. The molecular weight excluding hydrogens is 472 g/mol. The quantitative estimate of drug-likeness (QED) is 0.488. The highest BCUT2D eigenvalue weighted by Crippen LogP contribution is 2.32. The zero-order valence-electron chi connectivity index (χ0n) is 19.0. The first-order chi connectivity index (χ1) is 15.0. The molecule has 2 rings (SSSR count). The van der Waals surface area contributed by atoms with E-state index in [1.54, 1.807) is 0 Å². The van der Waals surface area contributed by atoms with Crippen LogP contribution in [0.1, 0.15) is 19.4 Å². The van der Waals surface area contributed by atoms with Crippen molar-refractivity contribution < 1.29 is 57.9 Å². The first kappa shape index (κ1) is 15.7. The summed E-state index contributed by atoms with van der Waals surface area (Å²) >= 11 is 2.76. The van der Waals surface area contributed by atoms with Crippen LogP contribution in [-0.2, 0) is 0 Å². The third kappa shape index (κ3) is 7.06. The molecule has 0 unspecified atom stereocenters. The third-order valence-corrected chi connectivity index (χ3v) is 3.25. The number of alkyl halides is 6. The van der Waals surface area contributed by atoms with Gasteiger partial charge in [0.2, 0.25) is 0 Å². The van der Waals surface area contributed by atoms with Crippen LogP contribution in [-0.4, -0.2) is 17.8 Å². The van der Waals surface area contributed by atoms with Gasteiger partial charge in [0.15, 0.2) is 23.1 Å². The molecule has 0 fully saturated rings. The zero-order valence-corrected chi connectivity index (χ0v) is 14.6. The SMILES string of the molecule is [2H]C([2H])([2H])c1c(Br)ccc(OC(F)(F)F)c1F.[2H]C([2H])([2H])c1c(O)ccc(OC(F)(F)F)c1F. The lowest BCUT2D eigenvalue weighted by atomic mass is 10.2. The van der Waals surface area contributed by atoms with Crippen molar-refractivity contribution in [2.45, 2.75) is 26.4 Å². The smallest absolute Gasteiger partial charge is 0.508 e. The summed E-state index contributed by atoms with van der Waals surface area (Å²) in [6.07, 6.45) is -10.2. The second-order valence-corrected chi connectivity index (χ2v) is 5.46. The number of phenols is 1. The van der Waals surface area contributed by atoms with Crippen LogP contribution in [0.5, 0.6) is 17.2 Å². The normalized spacial score (nSPS) is 15.6. The molecule has 0 aromatic heterocycles. The summed E-state index contributed by atoms with van der Waals surface area (Å²) < 4.78 is 146. The number of halogens is 9. The Bertz CT molecular complexity index is 941. The Morgan fingerprint density at radius 3 is 1.68 bits per heavy atom. The van der Waals surface area contributed by atoms with Crippen molar-refractivity contribution in [2.24, 2.45) is 0 Å². The molecule has 2 aromatic rings.